The number of thioether (sulfide) groups is 2. The number of halogens is 1. The SMILES string of the molecule is CC(C)Sc1nnc(NC(=O)CSCc2ccc(Br)cc2)s1. The van der Waals surface area contributed by atoms with Crippen LogP contribution in [-0.2, 0) is 10.5 Å². The summed E-state index contributed by atoms with van der Waals surface area (Å²) in [6.07, 6.45) is 0. The second kappa shape index (κ2) is 8.90. The average molecular weight is 418 g/mol. The molecule has 2 rings (SSSR count). The minimum atomic E-state index is -0.0423. The molecule has 2 aromatic rings. The Morgan fingerprint density at radius 1 is 1.32 bits per heavy atom. The number of carbonyl (C=O) groups excluding carboxylic acids is 1. The first-order valence-corrected chi connectivity index (χ1v) is 10.3. The lowest BCUT2D eigenvalue weighted by Crippen LogP contribution is -2.13. The van der Waals surface area contributed by atoms with Gasteiger partial charge in [-0.3, -0.25) is 10.1 Å². The second-order valence-corrected chi connectivity index (χ2v) is 9.41. The maximum atomic E-state index is 11.9. The Kier molecular flexibility index (Phi) is 7.20. The summed E-state index contributed by atoms with van der Waals surface area (Å²) in [5, 5.41) is 11.9. The van der Waals surface area contributed by atoms with Crippen LogP contribution in [0.2, 0.25) is 0 Å². The fraction of sp³-hybridized carbons (Fsp3) is 0.357. The molecule has 1 N–H and O–H groups in total. The third-order valence-electron chi connectivity index (χ3n) is 2.40. The highest BCUT2D eigenvalue weighted by atomic mass is 79.9. The summed E-state index contributed by atoms with van der Waals surface area (Å²) in [6.45, 7) is 4.20. The molecular weight excluding hydrogens is 402 g/mol. The number of amides is 1. The van der Waals surface area contributed by atoms with E-state index in [-0.39, 0.29) is 5.91 Å². The van der Waals surface area contributed by atoms with E-state index in [9.17, 15) is 4.79 Å². The monoisotopic (exact) mass is 417 g/mol. The van der Waals surface area contributed by atoms with Crippen LogP contribution in [0.25, 0.3) is 0 Å². The summed E-state index contributed by atoms with van der Waals surface area (Å²) in [7, 11) is 0. The number of nitrogens with zero attached hydrogens (tertiary/aromatic N) is 2. The number of anilines is 1. The van der Waals surface area contributed by atoms with Gasteiger partial charge in [0, 0.05) is 15.5 Å². The molecule has 118 valence electrons. The molecule has 1 aromatic heterocycles. The predicted molar refractivity (Wildman–Crippen MR) is 99.8 cm³/mol. The van der Waals surface area contributed by atoms with Gasteiger partial charge in [-0.15, -0.1) is 22.0 Å². The molecule has 0 saturated heterocycles. The van der Waals surface area contributed by atoms with Crippen molar-refractivity contribution < 1.29 is 4.79 Å². The van der Waals surface area contributed by atoms with Gasteiger partial charge in [0.1, 0.15) is 0 Å². The van der Waals surface area contributed by atoms with E-state index in [4.69, 9.17) is 0 Å². The van der Waals surface area contributed by atoms with Crippen LogP contribution in [0.4, 0.5) is 5.13 Å². The third kappa shape index (κ3) is 6.28. The number of benzene rings is 1. The highest BCUT2D eigenvalue weighted by Gasteiger charge is 2.10. The van der Waals surface area contributed by atoms with Crippen LogP contribution in [0.5, 0.6) is 0 Å². The number of hydrogen-bond acceptors (Lipinski definition) is 6. The maximum absolute atomic E-state index is 11.9. The zero-order valence-corrected chi connectivity index (χ0v) is 16.2. The minimum Gasteiger partial charge on any atom is -0.300 e. The van der Waals surface area contributed by atoms with E-state index in [2.05, 4.69) is 57.4 Å². The molecule has 1 aromatic carbocycles. The molecule has 1 heterocycles. The first-order chi connectivity index (χ1) is 10.5. The summed E-state index contributed by atoms with van der Waals surface area (Å²) < 4.78 is 1.94. The Bertz CT molecular complexity index is 616. The Morgan fingerprint density at radius 3 is 2.73 bits per heavy atom. The number of carbonyl (C=O) groups is 1. The molecule has 0 fully saturated rings. The highest BCUT2D eigenvalue weighted by molar-refractivity contribution is 9.10. The van der Waals surface area contributed by atoms with Gasteiger partial charge < -0.3 is 0 Å². The summed E-state index contributed by atoms with van der Waals surface area (Å²) >= 11 is 8.05. The molecule has 0 unspecified atom stereocenters. The molecule has 4 nitrogen and oxygen atoms in total. The Labute approximate surface area is 151 Å². The molecular formula is C14H16BrN3OS3. The topological polar surface area (TPSA) is 54.9 Å². The number of aromatic nitrogens is 2. The standard InChI is InChI=1S/C14H16BrN3OS3/c1-9(2)21-14-18-17-13(22-14)16-12(19)8-20-7-10-3-5-11(15)6-4-10/h3-6,9H,7-8H2,1-2H3,(H,16,17,19). The smallest absolute Gasteiger partial charge is 0.236 e. The fourth-order valence-corrected chi connectivity index (χ4v) is 4.55. The van der Waals surface area contributed by atoms with Crippen molar-refractivity contribution in [2.24, 2.45) is 0 Å². The molecule has 22 heavy (non-hydrogen) atoms. The summed E-state index contributed by atoms with van der Waals surface area (Å²) in [5.41, 5.74) is 1.20. The fourth-order valence-electron chi connectivity index (χ4n) is 1.51. The van der Waals surface area contributed by atoms with Gasteiger partial charge in [-0.05, 0) is 17.7 Å². The molecule has 0 atom stereocenters. The molecule has 0 aliphatic carbocycles. The van der Waals surface area contributed by atoms with Gasteiger partial charge in [0.2, 0.25) is 11.0 Å². The van der Waals surface area contributed by atoms with E-state index in [0.29, 0.717) is 16.1 Å². The van der Waals surface area contributed by atoms with Crippen molar-refractivity contribution in [3.63, 3.8) is 0 Å². The van der Waals surface area contributed by atoms with Crippen molar-refractivity contribution in [3.8, 4) is 0 Å². The van der Waals surface area contributed by atoms with E-state index >= 15 is 0 Å². The van der Waals surface area contributed by atoms with E-state index in [1.165, 1.54) is 16.9 Å². The van der Waals surface area contributed by atoms with Crippen molar-refractivity contribution in [1.82, 2.24) is 10.2 Å². The average Bonchev–Trinajstić information content (AvgIpc) is 2.87. The van der Waals surface area contributed by atoms with Gasteiger partial charge in [0.15, 0.2) is 4.34 Å². The Balaban J connectivity index is 1.73. The van der Waals surface area contributed by atoms with Gasteiger partial charge in [-0.1, -0.05) is 65.0 Å². The van der Waals surface area contributed by atoms with Gasteiger partial charge >= 0.3 is 0 Å². The lowest BCUT2D eigenvalue weighted by atomic mass is 10.2. The van der Waals surface area contributed by atoms with Gasteiger partial charge in [0.25, 0.3) is 0 Å². The Hall–Kier alpha value is -0.570. The van der Waals surface area contributed by atoms with Crippen LogP contribution in [-0.4, -0.2) is 27.1 Å². The van der Waals surface area contributed by atoms with Gasteiger partial charge in [-0.25, -0.2) is 0 Å². The molecule has 0 bridgehead atoms. The van der Waals surface area contributed by atoms with E-state index in [0.717, 1.165) is 14.6 Å². The minimum absolute atomic E-state index is 0.0423. The molecule has 1 amide bonds. The van der Waals surface area contributed by atoms with Gasteiger partial charge in [0.05, 0.1) is 5.75 Å². The summed E-state index contributed by atoms with van der Waals surface area (Å²) in [6, 6.07) is 8.11. The Morgan fingerprint density at radius 2 is 2.05 bits per heavy atom. The largest absolute Gasteiger partial charge is 0.300 e. The number of nitrogens with one attached hydrogen (secondary N) is 1. The van der Waals surface area contributed by atoms with E-state index in [1.54, 1.807) is 23.5 Å². The molecule has 0 aliphatic heterocycles. The molecule has 8 heteroatoms. The van der Waals surface area contributed by atoms with Crippen molar-refractivity contribution in [1.29, 1.82) is 0 Å². The van der Waals surface area contributed by atoms with Crippen molar-refractivity contribution in [3.05, 3.63) is 34.3 Å². The zero-order valence-electron chi connectivity index (χ0n) is 12.2. The van der Waals surface area contributed by atoms with Crippen molar-refractivity contribution in [2.45, 2.75) is 29.2 Å². The molecule has 0 saturated carbocycles. The predicted octanol–water partition coefficient (Wildman–Crippen LogP) is 4.67. The van der Waals surface area contributed by atoms with Crippen LogP contribution in [0.1, 0.15) is 19.4 Å². The lowest BCUT2D eigenvalue weighted by molar-refractivity contribution is -0.113. The number of hydrogen-bond donors (Lipinski definition) is 1. The summed E-state index contributed by atoms with van der Waals surface area (Å²) in [5.74, 6) is 1.17. The molecule has 0 aliphatic rings. The number of rotatable bonds is 7. The lowest BCUT2D eigenvalue weighted by Gasteiger charge is -2.02. The molecule has 0 spiro atoms. The zero-order chi connectivity index (χ0) is 15.9. The van der Waals surface area contributed by atoms with Crippen LogP contribution in [0, 0.1) is 0 Å². The summed E-state index contributed by atoms with van der Waals surface area (Å²) in [4.78, 5) is 11.9. The van der Waals surface area contributed by atoms with E-state index < -0.39 is 0 Å². The van der Waals surface area contributed by atoms with E-state index in [1.807, 2.05) is 12.1 Å². The van der Waals surface area contributed by atoms with Crippen LogP contribution >= 0.6 is 50.8 Å². The first kappa shape index (κ1) is 17.8. The normalized spacial score (nSPS) is 10.9. The quantitative estimate of drug-likeness (QED) is 0.523. The second-order valence-electron chi connectivity index (χ2n) is 4.71. The third-order valence-corrected chi connectivity index (χ3v) is 5.86. The van der Waals surface area contributed by atoms with Gasteiger partial charge in [-0.2, -0.15) is 0 Å². The first-order valence-electron chi connectivity index (χ1n) is 6.65. The van der Waals surface area contributed by atoms with Crippen LogP contribution in [0.3, 0.4) is 0 Å². The van der Waals surface area contributed by atoms with Crippen molar-refractivity contribution in [2.75, 3.05) is 11.1 Å². The maximum Gasteiger partial charge on any atom is 0.236 e. The molecule has 0 radical (unpaired) electrons. The highest BCUT2D eigenvalue weighted by Crippen LogP contribution is 2.28. The van der Waals surface area contributed by atoms with Crippen molar-refractivity contribution >= 4 is 61.8 Å². The van der Waals surface area contributed by atoms with Crippen LogP contribution < -0.4 is 5.32 Å². The van der Waals surface area contributed by atoms with Crippen LogP contribution in [0.15, 0.2) is 33.1 Å².